The molecule has 7 heteroatoms. The fraction of sp³-hybridized carbons (Fsp3) is 0.400. The van der Waals surface area contributed by atoms with E-state index in [4.69, 9.17) is 4.74 Å². The van der Waals surface area contributed by atoms with Crippen LogP contribution in [0.15, 0.2) is 42.6 Å². The van der Waals surface area contributed by atoms with Crippen LogP contribution in [0.25, 0.3) is 5.69 Å². The normalized spacial score (nSPS) is 19.0. The zero-order valence-corrected chi connectivity index (χ0v) is 13.0. The topological polar surface area (TPSA) is 73.2 Å². The molecule has 6 nitrogen and oxygen atoms in total. The third-order valence-corrected chi connectivity index (χ3v) is 4.88. The molecular formula is C15H19N3O3S. The molecule has 0 saturated carbocycles. The molecule has 0 amide bonds. The minimum absolute atomic E-state index is 0.0226. The molecule has 1 unspecified atom stereocenters. The lowest BCUT2D eigenvalue weighted by molar-refractivity contribution is 0.0306. The van der Waals surface area contributed by atoms with Crippen LogP contribution in [0.2, 0.25) is 0 Å². The van der Waals surface area contributed by atoms with Crippen LogP contribution >= 0.6 is 0 Å². The molecule has 0 aliphatic carbocycles. The van der Waals surface area contributed by atoms with E-state index in [1.807, 2.05) is 30.3 Å². The van der Waals surface area contributed by atoms with Crippen LogP contribution in [0.3, 0.4) is 0 Å². The molecular weight excluding hydrogens is 302 g/mol. The van der Waals surface area contributed by atoms with Gasteiger partial charge in [0.15, 0.2) is 5.82 Å². The summed E-state index contributed by atoms with van der Waals surface area (Å²) in [6, 6.07) is 11.2. The fourth-order valence-corrected chi connectivity index (χ4v) is 3.75. The Morgan fingerprint density at radius 2 is 2.05 bits per heavy atom. The van der Waals surface area contributed by atoms with Crippen molar-refractivity contribution >= 4 is 15.8 Å². The molecule has 1 aromatic carbocycles. The van der Waals surface area contributed by atoms with Gasteiger partial charge in [0.2, 0.25) is 10.0 Å². The molecule has 1 aromatic heterocycles. The van der Waals surface area contributed by atoms with Crippen LogP contribution in [0.5, 0.6) is 0 Å². The van der Waals surface area contributed by atoms with Gasteiger partial charge >= 0.3 is 0 Å². The van der Waals surface area contributed by atoms with E-state index in [0.29, 0.717) is 12.4 Å². The lowest BCUT2D eigenvalue weighted by Gasteiger charge is -2.22. The number of hydrogen-bond donors (Lipinski definition) is 1. The minimum atomic E-state index is -3.45. The third-order valence-electron chi connectivity index (χ3n) is 3.55. The van der Waals surface area contributed by atoms with Crippen molar-refractivity contribution < 1.29 is 13.2 Å². The number of hydrogen-bond acceptors (Lipinski definition) is 4. The van der Waals surface area contributed by atoms with Crippen molar-refractivity contribution in [1.82, 2.24) is 9.78 Å². The predicted molar refractivity (Wildman–Crippen MR) is 84.6 cm³/mol. The summed E-state index contributed by atoms with van der Waals surface area (Å²) in [5.74, 6) is 0.297. The lowest BCUT2D eigenvalue weighted by atomic mass is 10.1. The van der Waals surface area contributed by atoms with Crippen LogP contribution < -0.4 is 4.72 Å². The maximum absolute atomic E-state index is 12.2. The SMILES string of the molecule is O=S(=O)(CC1CCCCO1)Nc1ccn(-c2ccccc2)n1. The summed E-state index contributed by atoms with van der Waals surface area (Å²) in [7, 11) is -3.45. The Morgan fingerprint density at radius 3 is 2.77 bits per heavy atom. The van der Waals surface area contributed by atoms with E-state index >= 15 is 0 Å². The van der Waals surface area contributed by atoms with Gasteiger partial charge in [0.25, 0.3) is 0 Å². The lowest BCUT2D eigenvalue weighted by Crippen LogP contribution is -2.31. The second-order valence-corrected chi connectivity index (χ2v) is 7.12. The average Bonchev–Trinajstić information content (AvgIpc) is 2.96. The molecule has 22 heavy (non-hydrogen) atoms. The van der Waals surface area contributed by atoms with Gasteiger partial charge in [-0.05, 0) is 31.4 Å². The van der Waals surface area contributed by atoms with Gasteiger partial charge in [0.05, 0.1) is 17.5 Å². The molecule has 2 heterocycles. The van der Waals surface area contributed by atoms with E-state index in [1.54, 1.807) is 16.9 Å². The van der Waals surface area contributed by atoms with Crippen molar-refractivity contribution in [1.29, 1.82) is 0 Å². The summed E-state index contributed by atoms with van der Waals surface area (Å²) in [5, 5.41) is 4.24. The number of ether oxygens (including phenoxy) is 1. The van der Waals surface area contributed by atoms with E-state index in [1.165, 1.54) is 0 Å². The van der Waals surface area contributed by atoms with Gasteiger partial charge in [-0.3, -0.25) is 4.72 Å². The fourth-order valence-electron chi connectivity index (χ4n) is 2.49. The number of benzene rings is 1. The summed E-state index contributed by atoms with van der Waals surface area (Å²) in [5.41, 5.74) is 0.878. The zero-order valence-electron chi connectivity index (χ0n) is 12.2. The van der Waals surface area contributed by atoms with Crippen LogP contribution in [-0.2, 0) is 14.8 Å². The first-order valence-electron chi connectivity index (χ1n) is 7.36. The number of nitrogens with one attached hydrogen (secondary N) is 1. The molecule has 1 N–H and O–H groups in total. The van der Waals surface area contributed by atoms with Crippen molar-refractivity contribution in [2.24, 2.45) is 0 Å². The zero-order chi connectivity index (χ0) is 15.4. The summed E-state index contributed by atoms with van der Waals surface area (Å²) in [6.07, 6.45) is 4.32. The van der Waals surface area contributed by atoms with Gasteiger partial charge in [-0.15, -0.1) is 5.10 Å². The molecule has 1 aliphatic rings. The van der Waals surface area contributed by atoms with E-state index in [0.717, 1.165) is 24.9 Å². The van der Waals surface area contributed by atoms with Crippen molar-refractivity contribution in [3.05, 3.63) is 42.6 Å². The molecule has 0 spiro atoms. The van der Waals surface area contributed by atoms with Gasteiger partial charge in [-0.1, -0.05) is 18.2 Å². The number of anilines is 1. The maximum atomic E-state index is 12.2. The summed E-state index contributed by atoms with van der Waals surface area (Å²) in [4.78, 5) is 0. The highest BCUT2D eigenvalue weighted by Crippen LogP contribution is 2.16. The highest BCUT2D eigenvalue weighted by Gasteiger charge is 2.22. The Bertz CT molecular complexity index is 707. The molecule has 0 radical (unpaired) electrons. The van der Waals surface area contributed by atoms with E-state index in [2.05, 4.69) is 9.82 Å². The first-order valence-corrected chi connectivity index (χ1v) is 9.01. The van der Waals surface area contributed by atoms with Crippen molar-refractivity contribution in [2.75, 3.05) is 17.1 Å². The molecule has 1 atom stereocenters. The molecule has 118 valence electrons. The molecule has 3 rings (SSSR count). The van der Waals surface area contributed by atoms with Crippen LogP contribution in [-0.4, -0.2) is 36.7 Å². The number of nitrogens with zero attached hydrogens (tertiary/aromatic N) is 2. The molecule has 1 saturated heterocycles. The van der Waals surface area contributed by atoms with Gasteiger partial charge in [-0.25, -0.2) is 13.1 Å². The Balaban J connectivity index is 1.66. The standard InChI is InChI=1S/C15H19N3O3S/c19-22(20,12-14-8-4-5-11-21-14)17-15-9-10-18(16-15)13-6-2-1-3-7-13/h1-3,6-7,9-10,14H,4-5,8,11-12H2,(H,16,17). The second kappa shape index (κ2) is 6.50. The van der Waals surface area contributed by atoms with Crippen LogP contribution in [0.1, 0.15) is 19.3 Å². The number of para-hydroxylation sites is 1. The van der Waals surface area contributed by atoms with E-state index < -0.39 is 10.0 Å². The van der Waals surface area contributed by atoms with Crippen molar-refractivity contribution in [2.45, 2.75) is 25.4 Å². The van der Waals surface area contributed by atoms with Gasteiger partial charge in [0.1, 0.15) is 0 Å². The molecule has 2 aromatic rings. The number of rotatable bonds is 5. The van der Waals surface area contributed by atoms with E-state index in [-0.39, 0.29) is 11.9 Å². The van der Waals surface area contributed by atoms with Crippen molar-refractivity contribution in [3.63, 3.8) is 0 Å². The quantitative estimate of drug-likeness (QED) is 0.916. The Hall–Kier alpha value is -1.86. The third kappa shape index (κ3) is 3.86. The molecule has 1 fully saturated rings. The van der Waals surface area contributed by atoms with Crippen LogP contribution in [0.4, 0.5) is 5.82 Å². The Kier molecular flexibility index (Phi) is 4.44. The number of sulfonamides is 1. The predicted octanol–water partition coefficient (Wildman–Crippen LogP) is 2.18. The summed E-state index contributed by atoms with van der Waals surface area (Å²) < 4.78 is 34.0. The molecule has 1 aliphatic heterocycles. The minimum Gasteiger partial charge on any atom is -0.377 e. The largest absolute Gasteiger partial charge is 0.377 e. The number of aromatic nitrogens is 2. The highest BCUT2D eigenvalue weighted by atomic mass is 32.2. The molecule has 0 bridgehead atoms. The van der Waals surface area contributed by atoms with Crippen LogP contribution in [0, 0.1) is 0 Å². The summed E-state index contributed by atoms with van der Waals surface area (Å²) in [6.45, 7) is 0.642. The first-order chi connectivity index (χ1) is 10.6. The highest BCUT2D eigenvalue weighted by molar-refractivity contribution is 7.92. The smallest absolute Gasteiger partial charge is 0.236 e. The van der Waals surface area contributed by atoms with Gasteiger partial charge < -0.3 is 4.74 Å². The Morgan fingerprint density at radius 1 is 1.23 bits per heavy atom. The van der Waals surface area contributed by atoms with E-state index in [9.17, 15) is 8.42 Å². The maximum Gasteiger partial charge on any atom is 0.236 e. The van der Waals surface area contributed by atoms with Gasteiger partial charge in [0, 0.05) is 18.9 Å². The first kappa shape index (κ1) is 15.1. The second-order valence-electron chi connectivity index (χ2n) is 5.35. The summed E-state index contributed by atoms with van der Waals surface area (Å²) >= 11 is 0. The Labute approximate surface area is 130 Å². The monoisotopic (exact) mass is 321 g/mol. The average molecular weight is 321 g/mol. The van der Waals surface area contributed by atoms with Gasteiger partial charge in [-0.2, -0.15) is 0 Å². The van der Waals surface area contributed by atoms with Crippen molar-refractivity contribution in [3.8, 4) is 5.69 Å².